The Hall–Kier alpha value is -2.15. The van der Waals surface area contributed by atoms with Gasteiger partial charge in [-0.15, -0.1) is 0 Å². The normalized spacial score (nSPS) is 11.6. The molecule has 7 nitrogen and oxygen atoms in total. The average Bonchev–Trinajstić information content (AvgIpc) is 2.78. The lowest BCUT2D eigenvalue weighted by Crippen LogP contribution is -2.42. The second kappa shape index (κ2) is 6.09. The molecule has 2 aromatic heterocycles. The van der Waals surface area contributed by atoms with Gasteiger partial charge in [-0.3, -0.25) is 9.67 Å². The van der Waals surface area contributed by atoms with Crippen molar-refractivity contribution in [3.63, 3.8) is 0 Å². The lowest BCUT2D eigenvalue weighted by molar-refractivity contribution is 0.185. The molecule has 0 unspecified atom stereocenters. The summed E-state index contributed by atoms with van der Waals surface area (Å²) in [7, 11) is 1.63. The van der Waals surface area contributed by atoms with Gasteiger partial charge in [-0.1, -0.05) is 0 Å². The van der Waals surface area contributed by atoms with Gasteiger partial charge in [0, 0.05) is 12.6 Å². The Kier molecular flexibility index (Phi) is 4.42. The molecule has 0 fully saturated rings. The zero-order valence-electron chi connectivity index (χ0n) is 12.7. The average molecular weight is 292 g/mol. The van der Waals surface area contributed by atoms with Crippen molar-refractivity contribution in [3.05, 3.63) is 18.6 Å². The number of carbonyl (C=O) groups excluding carboxylic acids is 1. The van der Waals surface area contributed by atoms with E-state index in [9.17, 15) is 4.79 Å². The Bertz CT molecular complexity index is 631. The highest BCUT2D eigenvalue weighted by atomic mass is 16.6. The number of hydrogen-bond acceptors (Lipinski definition) is 5. The Morgan fingerprint density at radius 1 is 1.33 bits per heavy atom. The second-order valence-corrected chi connectivity index (χ2v) is 5.70. The van der Waals surface area contributed by atoms with Crippen LogP contribution in [0.15, 0.2) is 18.6 Å². The quantitative estimate of drug-likeness (QED) is 0.932. The highest BCUT2D eigenvalue weighted by molar-refractivity contribution is 5.86. The number of hydrogen-bond donors (Lipinski definition) is 1. The summed E-state index contributed by atoms with van der Waals surface area (Å²) in [5.74, 6) is 0.387. The standard InChI is InChI=1S/C14H20N4O3/c1-14(2,3)17-13(19)21-12-9-15-8-11-10(12)7-16-18(11)5-6-20-4/h7-9H,5-6H2,1-4H3,(H,17,19). The molecule has 0 aliphatic rings. The van der Waals surface area contributed by atoms with E-state index in [2.05, 4.69) is 15.4 Å². The van der Waals surface area contributed by atoms with Gasteiger partial charge >= 0.3 is 6.09 Å². The maximum atomic E-state index is 11.8. The van der Waals surface area contributed by atoms with E-state index in [0.717, 1.165) is 10.9 Å². The van der Waals surface area contributed by atoms with Gasteiger partial charge in [0.05, 0.1) is 42.6 Å². The number of carbonyl (C=O) groups is 1. The molecule has 0 spiro atoms. The van der Waals surface area contributed by atoms with E-state index in [1.54, 1.807) is 24.2 Å². The highest BCUT2D eigenvalue weighted by Crippen LogP contribution is 2.24. The van der Waals surface area contributed by atoms with Gasteiger partial charge in [0.2, 0.25) is 0 Å². The number of fused-ring (bicyclic) bond motifs is 1. The van der Waals surface area contributed by atoms with Crippen LogP contribution in [0.25, 0.3) is 10.9 Å². The first kappa shape index (κ1) is 15.2. The van der Waals surface area contributed by atoms with E-state index in [0.29, 0.717) is 18.9 Å². The van der Waals surface area contributed by atoms with E-state index in [1.165, 1.54) is 6.20 Å². The molecule has 114 valence electrons. The van der Waals surface area contributed by atoms with Crippen molar-refractivity contribution >= 4 is 17.0 Å². The Morgan fingerprint density at radius 2 is 2.10 bits per heavy atom. The van der Waals surface area contributed by atoms with Crippen LogP contribution in [0.3, 0.4) is 0 Å². The maximum absolute atomic E-state index is 11.8. The minimum Gasteiger partial charge on any atom is -0.408 e. The number of rotatable bonds is 4. The van der Waals surface area contributed by atoms with Crippen LogP contribution in [0, 0.1) is 0 Å². The van der Waals surface area contributed by atoms with Crippen LogP contribution < -0.4 is 10.1 Å². The molecule has 0 radical (unpaired) electrons. The fourth-order valence-corrected chi connectivity index (χ4v) is 1.83. The number of methoxy groups -OCH3 is 1. The first-order chi connectivity index (χ1) is 9.90. The number of amides is 1. The predicted octanol–water partition coefficient (Wildman–Crippen LogP) is 1.96. The fraction of sp³-hybridized carbons (Fsp3) is 0.500. The van der Waals surface area contributed by atoms with Gasteiger partial charge < -0.3 is 14.8 Å². The summed E-state index contributed by atoms with van der Waals surface area (Å²) < 4.78 is 12.1. The molecule has 0 bridgehead atoms. The van der Waals surface area contributed by atoms with Crippen LogP contribution in [-0.2, 0) is 11.3 Å². The lowest BCUT2D eigenvalue weighted by Gasteiger charge is -2.19. The van der Waals surface area contributed by atoms with Crippen molar-refractivity contribution < 1.29 is 14.3 Å². The summed E-state index contributed by atoms with van der Waals surface area (Å²) in [5.41, 5.74) is 0.439. The number of ether oxygens (including phenoxy) is 2. The lowest BCUT2D eigenvalue weighted by atomic mass is 10.1. The minimum atomic E-state index is -0.513. The molecule has 1 amide bonds. The van der Waals surface area contributed by atoms with Crippen LogP contribution in [0.1, 0.15) is 20.8 Å². The highest BCUT2D eigenvalue weighted by Gasteiger charge is 2.17. The largest absolute Gasteiger partial charge is 0.413 e. The summed E-state index contributed by atoms with van der Waals surface area (Å²) in [6.45, 7) is 6.81. The van der Waals surface area contributed by atoms with E-state index in [4.69, 9.17) is 9.47 Å². The van der Waals surface area contributed by atoms with Gasteiger partial charge in [-0.05, 0) is 20.8 Å². The first-order valence-electron chi connectivity index (χ1n) is 6.69. The topological polar surface area (TPSA) is 78.3 Å². The molecule has 0 aliphatic carbocycles. The minimum absolute atomic E-state index is 0.360. The van der Waals surface area contributed by atoms with Crippen molar-refractivity contribution in [2.75, 3.05) is 13.7 Å². The third-order valence-electron chi connectivity index (χ3n) is 2.72. The van der Waals surface area contributed by atoms with Crippen LogP contribution in [0.4, 0.5) is 4.79 Å². The zero-order valence-corrected chi connectivity index (χ0v) is 12.7. The molecule has 0 saturated heterocycles. The van der Waals surface area contributed by atoms with Crippen LogP contribution in [0.5, 0.6) is 5.75 Å². The molecule has 0 atom stereocenters. The monoisotopic (exact) mass is 292 g/mol. The van der Waals surface area contributed by atoms with Crippen LogP contribution in [0.2, 0.25) is 0 Å². The number of pyridine rings is 1. The van der Waals surface area contributed by atoms with Crippen molar-refractivity contribution in [1.82, 2.24) is 20.1 Å². The van der Waals surface area contributed by atoms with E-state index < -0.39 is 6.09 Å². The summed E-state index contributed by atoms with van der Waals surface area (Å²) in [6.07, 6.45) is 4.34. The van der Waals surface area contributed by atoms with Crippen molar-refractivity contribution in [2.24, 2.45) is 0 Å². The van der Waals surface area contributed by atoms with E-state index in [1.807, 2.05) is 20.8 Å². The van der Waals surface area contributed by atoms with E-state index >= 15 is 0 Å². The molecule has 21 heavy (non-hydrogen) atoms. The van der Waals surface area contributed by atoms with E-state index in [-0.39, 0.29) is 5.54 Å². The molecule has 0 aromatic carbocycles. The molecular formula is C14H20N4O3. The predicted molar refractivity (Wildman–Crippen MR) is 78.3 cm³/mol. The molecule has 0 aliphatic heterocycles. The summed E-state index contributed by atoms with van der Waals surface area (Å²) in [5, 5.41) is 7.74. The smallest absolute Gasteiger partial charge is 0.408 e. The van der Waals surface area contributed by atoms with Crippen molar-refractivity contribution in [1.29, 1.82) is 0 Å². The molecule has 2 heterocycles. The Morgan fingerprint density at radius 3 is 2.76 bits per heavy atom. The van der Waals surface area contributed by atoms with Crippen LogP contribution in [-0.4, -0.2) is 40.1 Å². The summed E-state index contributed by atoms with van der Waals surface area (Å²) in [4.78, 5) is 15.9. The maximum Gasteiger partial charge on any atom is 0.413 e. The third-order valence-corrected chi connectivity index (χ3v) is 2.72. The Balaban J connectivity index is 2.21. The summed E-state index contributed by atoms with van der Waals surface area (Å²) in [6, 6.07) is 0. The number of nitrogens with one attached hydrogen (secondary N) is 1. The Labute approximate surface area is 123 Å². The molecule has 2 rings (SSSR count). The zero-order chi connectivity index (χ0) is 15.5. The van der Waals surface area contributed by atoms with Gasteiger partial charge in [-0.2, -0.15) is 5.10 Å². The molecular weight excluding hydrogens is 272 g/mol. The second-order valence-electron chi connectivity index (χ2n) is 5.70. The van der Waals surface area contributed by atoms with Gasteiger partial charge in [0.25, 0.3) is 0 Å². The van der Waals surface area contributed by atoms with Gasteiger partial charge in [0.1, 0.15) is 0 Å². The fourth-order valence-electron chi connectivity index (χ4n) is 1.83. The molecule has 7 heteroatoms. The first-order valence-corrected chi connectivity index (χ1v) is 6.69. The van der Waals surface area contributed by atoms with Crippen molar-refractivity contribution in [2.45, 2.75) is 32.9 Å². The molecule has 0 saturated carbocycles. The van der Waals surface area contributed by atoms with Gasteiger partial charge in [0.15, 0.2) is 5.75 Å². The summed E-state index contributed by atoms with van der Waals surface area (Å²) >= 11 is 0. The number of nitrogens with zero attached hydrogens (tertiary/aromatic N) is 3. The van der Waals surface area contributed by atoms with Gasteiger partial charge in [-0.25, -0.2) is 4.79 Å². The number of aromatic nitrogens is 3. The van der Waals surface area contributed by atoms with Crippen molar-refractivity contribution in [3.8, 4) is 5.75 Å². The SMILES string of the molecule is COCCn1ncc2c(OC(=O)NC(C)(C)C)cncc21. The third kappa shape index (κ3) is 3.91. The molecule has 1 N–H and O–H groups in total. The van der Waals surface area contributed by atoms with Crippen LogP contribution >= 0.6 is 0 Å². The molecule has 2 aromatic rings.